The van der Waals surface area contributed by atoms with Crippen LogP contribution in [0.3, 0.4) is 0 Å². The number of terminal acetylenes is 1. The lowest BCUT2D eigenvalue weighted by Crippen LogP contribution is -2.13. The lowest BCUT2D eigenvalue weighted by atomic mass is 10.1. The van der Waals surface area contributed by atoms with E-state index in [9.17, 15) is 0 Å². The molecule has 2 nitrogen and oxygen atoms in total. The monoisotopic (exact) mass is 230 g/mol. The van der Waals surface area contributed by atoms with Crippen molar-refractivity contribution in [3.05, 3.63) is 41.0 Å². The van der Waals surface area contributed by atoms with Gasteiger partial charge in [-0.3, -0.25) is 4.98 Å². The van der Waals surface area contributed by atoms with E-state index in [-0.39, 0.29) is 0 Å². The molecule has 0 bridgehead atoms. The SMILES string of the molecule is C#CCNCc1ccc(Cl)c2cccnc12. The zero-order chi connectivity index (χ0) is 11.4. The standard InChI is InChI=1S/C13H11ClN2/c1-2-7-15-9-10-5-6-12(14)11-4-3-8-16-13(10)11/h1,3-6,8,15H,7,9H2. The molecule has 2 aromatic rings. The van der Waals surface area contributed by atoms with E-state index >= 15 is 0 Å². The maximum absolute atomic E-state index is 6.10. The highest BCUT2D eigenvalue weighted by Gasteiger charge is 2.04. The molecule has 0 aliphatic rings. The Kier molecular flexibility index (Phi) is 3.40. The maximum atomic E-state index is 6.10. The zero-order valence-electron chi connectivity index (χ0n) is 8.70. The summed E-state index contributed by atoms with van der Waals surface area (Å²) in [5.41, 5.74) is 2.04. The second-order valence-electron chi connectivity index (χ2n) is 3.41. The molecule has 1 N–H and O–H groups in total. The van der Waals surface area contributed by atoms with E-state index in [4.69, 9.17) is 18.0 Å². The number of nitrogens with one attached hydrogen (secondary N) is 1. The lowest BCUT2D eigenvalue weighted by Gasteiger charge is -2.06. The summed E-state index contributed by atoms with van der Waals surface area (Å²) in [5.74, 6) is 2.54. The van der Waals surface area contributed by atoms with Gasteiger partial charge in [-0.05, 0) is 23.8 Å². The third kappa shape index (κ3) is 2.16. The number of halogens is 1. The Morgan fingerprint density at radius 3 is 3.06 bits per heavy atom. The Bertz CT molecular complexity index is 543. The molecule has 1 heterocycles. The molecular formula is C13H11ClN2. The van der Waals surface area contributed by atoms with Crippen molar-refractivity contribution < 1.29 is 0 Å². The van der Waals surface area contributed by atoms with Gasteiger partial charge >= 0.3 is 0 Å². The summed E-state index contributed by atoms with van der Waals surface area (Å²) in [7, 11) is 0. The Hall–Kier alpha value is -1.56. The molecule has 0 aliphatic carbocycles. The van der Waals surface area contributed by atoms with E-state index in [1.54, 1.807) is 6.20 Å². The minimum atomic E-state index is 0.553. The number of hydrogen-bond acceptors (Lipinski definition) is 2. The van der Waals surface area contributed by atoms with Crippen molar-refractivity contribution in [2.75, 3.05) is 6.54 Å². The maximum Gasteiger partial charge on any atom is 0.0761 e. The normalized spacial score (nSPS) is 10.2. The van der Waals surface area contributed by atoms with Crippen LogP contribution >= 0.6 is 11.6 Å². The molecule has 0 aliphatic heterocycles. The molecule has 1 aromatic heterocycles. The second-order valence-corrected chi connectivity index (χ2v) is 3.82. The minimum Gasteiger partial charge on any atom is -0.302 e. The van der Waals surface area contributed by atoms with Crippen LogP contribution in [-0.2, 0) is 6.54 Å². The summed E-state index contributed by atoms with van der Waals surface area (Å²) >= 11 is 6.10. The van der Waals surface area contributed by atoms with Crippen molar-refractivity contribution in [3.63, 3.8) is 0 Å². The molecule has 1 aromatic carbocycles. The lowest BCUT2D eigenvalue weighted by molar-refractivity contribution is 0.773. The van der Waals surface area contributed by atoms with Crippen LogP contribution in [0, 0.1) is 12.3 Å². The van der Waals surface area contributed by atoms with Gasteiger partial charge in [0.25, 0.3) is 0 Å². The number of benzene rings is 1. The predicted octanol–water partition coefficient (Wildman–Crippen LogP) is 2.61. The summed E-state index contributed by atoms with van der Waals surface area (Å²) in [6.45, 7) is 1.26. The molecule has 2 rings (SSSR count). The predicted molar refractivity (Wildman–Crippen MR) is 67.3 cm³/mol. The average molecular weight is 231 g/mol. The molecule has 16 heavy (non-hydrogen) atoms. The van der Waals surface area contributed by atoms with E-state index in [1.807, 2.05) is 24.3 Å². The van der Waals surface area contributed by atoms with Gasteiger partial charge in [0, 0.05) is 23.2 Å². The van der Waals surface area contributed by atoms with Crippen LogP contribution < -0.4 is 5.32 Å². The van der Waals surface area contributed by atoms with Crippen molar-refractivity contribution in [3.8, 4) is 12.3 Å². The third-order valence-corrected chi connectivity index (χ3v) is 2.67. The Morgan fingerprint density at radius 2 is 2.25 bits per heavy atom. The molecule has 3 heteroatoms. The van der Waals surface area contributed by atoms with E-state index in [0.29, 0.717) is 13.1 Å². The van der Waals surface area contributed by atoms with E-state index in [1.165, 1.54) is 0 Å². The van der Waals surface area contributed by atoms with Crippen molar-refractivity contribution in [2.45, 2.75) is 6.54 Å². The highest BCUT2D eigenvalue weighted by atomic mass is 35.5. The minimum absolute atomic E-state index is 0.553. The number of nitrogens with zero attached hydrogens (tertiary/aromatic N) is 1. The first-order valence-corrected chi connectivity index (χ1v) is 5.37. The third-order valence-electron chi connectivity index (χ3n) is 2.34. The molecule has 0 fully saturated rings. The highest BCUT2D eigenvalue weighted by molar-refractivity contribution is 6.35. The molecule has 0 unspecified atom stereocenters. The molecule has 0 radical (unpaired) electrons. The summed E-state index contributed by atoms with van der Waals surface area (Å²) in [5, 5.41) is 4.85. The van der Waals surface area contributed by atoms with Gasteiger partial charge in [0.05, 0.1) is 12.1 Å². The van der Waals surface area contributed by atoms with Gasteiger partial charge in [-0.25, -0.2) is 0 Å². The largest absolute Gasteiger partial charge is 0.302 e. The molecule has 0 amide bonds. The van der Waals surface area contributed by atoms with Gasteiger partial charge in [0.2, 0.25) is 0 Å². The first-order valence-electron chi connectivity index (χ1n) is 4.99. The van der Waals surface area contributed by atoms with Gasteiger partial charge in [-0.1, -0.05) is 23.6 Å². The summed E-state index contributed by atoms with van der Waals surface area (Å²) in [4.78, 5) is 4.34. The Balaban J connectivity index is 2.39. The van der Waals surface area contributed by atoms with Crippen molar-refractivity contribution in [1.82, 2.24) is 10.3 Å². The number of hydrogen-bond donors (Lipinski definition) is 1. The van der Waals surface area contributed by atoms with Crippen LogP contribution in [0.4, 0.5) is 0 Å². The molecule has 0 spiro atoms. The average Bonchev–Trinajstić information content (AvgIpc) is 2.33. The van der Waals surface area contributed by atoms with Gasteiger partial charge in [0.15, 0.2) is 0 Å². The number of pyridine rings is 1. The van der Waals surface area contributed by atoms with E-state index < -0.39 is 0 Å². The van der Waals surface area contributed by atoms with Crippen LogP contribution in [0.25, 0.3) is 10.9 Å². The smallest absolute Gasteiger partial charge is 0.0761 e. The summed E-state index contributed by atoms with van der Waals surface area (Å²) < 4.78 is 0. The van der Waals surface area contributed by atoms with Crippen LogP contribution in [-0.4, -0.2) is 11.5 Å². The quantitative estimate of drug-likeness (QED) is 0.648. The van der Waals surface area contributed by atoms with Crippen molar-refractivity contribution in [1.29, 1.82) is 0 Å². The molecule has 80 valence electrons. The van der Waals surface area contributed by atoms with Gasteiger partial charge < -0.3 is 5.32 Å². The fourth-order valence-corrected chi connectivity index (χ4v) is 1.82. The molecule has 0 atom stereocenters. The van der Waals surface area contributed by atoms with Crippen LogP contribution in [0.1, 0.15) is 5.56 Å². The molecule has 0 saturated heterocycles. The second kappa shape index (κ2) is 4.98. The van der Waals surface area contributed by atoms with Gasteiger partial charge in [0.1, 0.15) is 0 Å². The van der Waals surface area contributed by atoms with Crippen LogP contribution in [0.15, 0.2) is 30.5 Å². The zero-order valence-corrected chi connectivity index (χ0v) is 9.46. The van der Waals surface area contributed by atoms with Crippen molar-refractivity contribution in [2.24, 2.45) is 0 Å². The first kappa shape index (κ1) is 10.9. The van der Waals surface area contributed by atoms with Crippen LogP contribution in [0.5, 0.6) is 0 Å². The number of rotatable bonds is 3. The van der Waals surface area contributed by atoms with Gasteiger partial charge in [-0.2, -0.15) is 0 Å². The van der Waals surface area contributed by atoms with Crippen LogP contribution in [0.2, 0.25) is 5.02 Å². The van der Waals surface area contributed by atoms with E-state index in [0.717, 1.165) is 21.5 Å². The van der Waals surface area contributed by atoms with Crippen molar-refractivity contribution >= 4 is 22.5 Å². The Morgan fingerprint density at radius 1 is 1.38 bits per heavy atom. The highest BCUT2D eigenvalue weighted by Crippen LogP contribution is 2.24. The summed E-state index contributed by atoms with van der Waals surface area (Å²) in [6.07, 6.45) is 6.95. The fraction of sp³-hybridized carbons (Fsp3) is 0.154. The topological polar surface area (TPSA) is 24.9 Å². The van der Waals surface area contributed by atoms with E-state index in [2.05, 4.69) is 16.2 Å². The number of fused-ring (bicyclic) bond motifs is 1. The summed E-state index contributed by atoms with van der Waals surface area (Å²) in [6, 6.07) is 7.71. The molecular weight excluding hydrogens is 220 g/mol. The van der Waals surface area contributed by atoms with Gasteiger partial charge in [-0.15, -0.1) is 6.42 Å². The fourth-order valence-electron chi connectivity index (χ4n) is 1.61. The Labute approximate surface area is 99.6 Å². The first-order chi connectivity index (χ1) is 7.83. The molecule has 0 saturated carbocycles. The number of aromatic nitrogens is 1.